The van der Waals surface area contributed by atoms with E-state index in [0.717, 1.165) is 57.8 Å². The van der Waals surface area contributed by atoms with Crippen LogP contribution in [0.25, 0.3) is 22.0 Å². The number of halogens is 1. The molecule has 1 aliphatic heterocycles. The van der Waals surface area contributed by atoms with Gasteiger partial charge in [-0.1, -0.05) is 29.4 Å². The maximum absolute atomic E-state index is 13.0. The van der Waals surface area contributed by atoms with Crippen LogP contribution >= 0.6 is 23.4 Å². The van der Waals surface area contributed by atoms with Crippen LogP contribution in [0.1, 0.15) is 64.6 Å². The lowest BCUT2D eigenvalue weighted by atomic mass is 9.95. The third kappa shape index (κ3) is 5.78. The van der Waals surface area contributed by atoms with Gasteiger partial charge in [0.15, 0.2) is 5.12 Å². The lowest BCUT2D eigenvalue weighted by Crippen LogP contribution is -2.23. The molecule has 1 atom stereocenters. The predicted octanol–water partition coefficient (Wildman–Crippen LogP) is 4.99. The maximum atomic E-state index is 13.0. The number of methoxy groups -OCH3 is 2. The first-order valence-electron chi connectivity index (χ1n) is 14.3. The Morgan fingerprint density at radius 2 is 1.89 bits per heavy atom. The molecule has 4 heterocycles. The van der Waals surface area contributed by atoms with Gasteiger partial charge in [-0.05, 0) is 44.5 Å². The molecule has 44 heavy (non-hydrogen) atoms. The Balaban J connectivity index is 1.58. The van der Waals surface area contributed by atoms with E-state index in [4.69, 9.17) is 31.3 Å². The third-order valence-corrected chi connectivity index (χ3v) is 9.50. The van der Waals surface area contributed by atoms with Gasteiger partial charge in [-0.15, -0.1) is 0 Å². The second kappa shape index (κ2) is 12.8. The van der Waals surface area contributed by atoms with E-state index in [-0.39, 0.29) is 23.5 Å². The number of thioether (sulfide) groups is 1. The summed E-state index contributed by atoms with van der Waals surface area (Å²) >= 11 is 8.27. The number of nitrogens with zero attached hydrogens (tertiary/aromatic N) is 6. The summed E-state index contributed by atoms with van der Waals surface area (Å²) in [6.45, 7) is 4.92. The van der Waals surface area contributed by atoms with Gasteiger partial charge < -0.3 is 14.0 Å². The average molecular weight is 641 g/mol. The molecule has 0 fully saturated rings. The zero-order valence-corrected chi connectivity index (χ0v) is 27.6. The molecule has 0 saturated carbocycles. The predicted molar refractivity (Wildman–Crippen MR) is 170 cm³/mol. The molecule has 13 heteroatoms. The number of ether oxygens (including phenoxy) is 2. The van der Waals surface area contributed by atoms with Crippen molar-refractivity contribution in [3.63, 3.8) is 0 Å². The van der Waals surface area contributed by atoms with Crippen molar-refractivity contribution in [1.29, 1.82) is 0 Å². The highest BCUT2D eigenvalue weighted by molar-refractivity contribution is 8.12. The van der Waals surface area contributed by atoms with Gasteiger partial charge in [0.25, 0.3) is 0 Å². The fraction of sp³-hybridized carbons (Fsp3) is 0.452. The summed E-state index contributed by atoms with van der Waals surface area (Å²) in [6.07, 6.45) is 1.29. The monoisotopic (exact) mass is 640 g/mol. The van der Waals surface area contributed by atoms with E-state index < -0.39 is 5.97 Å². The molecule has 4 aromatic rings. The van der Waals surface area contributed by atoms with Crippen LogP contribution < -0.4 is 0 Å². The standard InChI is InChI=1S/C31H37ClN6O5S/c1-17-26(27-23(32)10-8-21-22(9-11-25(40)42-6)29(31(41)43-7)36(4)28(21)27)30-24(12-13-38(30)33-17)35(3)15-19-14-20(37(5)34-19)16-44-18(2)39/h8,10,14,24H,9,11-13,15-16H2,1-7H3/t24-/m1/s1. The van der Waals surface area contributed by atoms with Gasteiger partial charge in [0, 0.05) is 68.5 Å². The van der Waals surface area contributed by atoms with Gasteiger partial charge in [-0.3, -0.25) is 23.9 Å². The quantitative estimate of drug-likeness (QED) is 0.221. The number of hydrogen-bond donors (Lipinski definition) is 0. The van der Waals surface area contributed by atoms with Gasteiger partial charge >= 0.3 is 11.9 Å². The summed E-state index contributed by atoms with van der Waals surface area (Å²) in [5.74, 6) is -0.270. The number of benzene rings is 1. The van der Waals surface area contributed by atoms with Crippen molar-refractivity contribution in [3.05, 3.63) is 57.3 Å². The van der Waals surface area contributed by atoms with Crippen LogP contribution in [0.4, 0.5) is 0 Å². The summed E-state index contributed by atoms with van der Waals surface area (Å²) in [4.78, 5) is 38.9. The second-order valence-corrected chi connectivity index (χ2v) is 12.7. The summed E-state index contributed by atoms with van der Waals surface area (Å²) < 4.78 is 15.7. The molecule has 0 N–H and O–H groups in total. The van der Waals surface area contributed by atoms with E-state index >= 15 is 0 Å². The molecule has 0 unspecified atom stereocenters. The van der Waals surface area contributed by atoms with E-state index in [1.54, 1.807) is 6.92 Å². The molecule has 1 aromatic carbocycles. The van der Waals surface area contributed by atoms with Crippen molar-refractivity contribution < 1.29 is 23.9 Å². The smallest absolute Gasteiger partial charge is 0.354 e. The Hall–Kier alpha value is -3.61. The van der Waals surface area contributed by atoms with Gasteiger partial charge in [0.1, 0.15) is 5.69 Å². The molecule has 0 bridgehead atoms. The van der Waals surface area contributed by atoms with Crippen LogP contribution in [0.15, 0.2) is 18.2 Å². The van der Waals surface area contributed by atoms with E-state index in [2.05, 4.69) is 22.7 Å². The zero-order chi connectivity index (χ0) is 31.9. The van der Waals surface area contributed by atoms with E-state index in [9.17, 15) is 14.4 Å². The topological polar surface area (TPSA) is 113 Å². The van der Waals surface area contributed by atoms with Crippen molar-refractivity contribution in [2.45, 2.75) is 58.0 Å². The van der Waals surface area contributed by atoms with E-state index in [0.29, 0.717) is 35.0 Å². The molecule has 5 rings (SSSR count). The first kappa shape index (κ1) is 31.8. The minimum Gasteiger partial charge on any atom is -0.469 e. The number of fused-ring (bicyclic) bond motifs is 2. The minimum atomic E-state index is -0.489. The van der Waals surface area contributed by atoms with Crippen LogP contribution in [-0.4, -0.2) is 67.3 Å². The number of aromatic nitrogens is 5. The number of rotatable bonds is 10. The number of aryl methyl sites for hydroxylation is 5. The Bertz CT molecular complexity index is 1770. The molecule has 0 spiro atoms. The molecular weight excluding hydrogens is 604 g/mol. The summed E-state index contributed by atoms with van der Waals surface area (Å²) in [6, 6.07) is 5.82. The number of esters is 2. The minimum absolute atomic E-state index is 0.0358. The third-order valence-electron chi connectivity index (χ3n) is 8.34. The zero-order valence-electron chi connectivity index (χ0n) is 26.1. The van der Waals surface area contributed by atoms with Crippen LogP contribution in [0, 0.1) is 6.92 Å². The van der Waals surface area contributed by atoms with Crippen LogP contribution in [0.2, 0.25) is 5.02 Å². The van der Waals surface area contributed by atoms with Gasteiger partial charge in [-0.25, -0.2) is 4.79 Å². The van der Waals surface area contributed by atoms with Gasteiger partial charge in [-0.2, -0.15) is 10.2 Å². The van der Waals surface area contributed by atoms with Gasteiger partial charge in [0.05, 0.1) is 47.9 Å². The first-order valence-corrected chi connectivity index (χ1v) is 15.7. The molecule has 0 saturated heterocycles. The normalized spacial score (nSPS) is 14.4. The highest BCUT2D eigenvalue weighted by Crippen LogP contribution is 2.46. The van der Waals surface area contributed by atoms with Crippen molar-refractivity contribution in [2.75, 3.05) is 21.3 Å². The van der Waals surface area contributed by atoms with E-state index in [1.165, 1.54) is 26.0 Å². The summed E-state index contributed by atoms with van der Waals surface area (Å²) in [7, 11) is 8.50. The van der Waals surface area contributed by atoms with Crippen molar-refractivity contribution in [2.24, 2.45) is 14.1 Å². The lowest BCUT2D eigenvalue weighted by molar-refractivity contribution is -0.140. The molecule has 234 valence electrons. The molecule has 0 radical (unpaired) electrons. The average Bonchev–Trinajstić information content (AvgIpc) is 3.71. The number of carbonyl (C=O) groups excluding carboxylic acids is 3. The molecule has 1 aliphatic rings. The summed E-state index contributed by atoms with van der Waals surface area (Å²) in [5, 5.41) is 11.1. The molecule has 0 aliphatic carbocycles. The molecule has 11 nitrogen and oxygen atoms in total. The highest BCUT2D eigenvalue weighted by atomic mass is 35.5. The Labute approximate surface area is 265 Å². The fourth-order valence-electron chi connectivity index (χ4n) is 6.33. The van der Waals surface area contributed by atoms with Crippen molar-refractivity contribution in [3.8, 4) is 11.1 Å². The Morgan fingerprint density at radius 3 is 2.57 bits per heavy atom. The van der Waals surface area contributed by atoms with Gasteiger partial charge in [0.2, 0.25) is 0 Å². The Kier molecular flexibility index (Phi) is 9.24. The van der Waals surface area contributed by atoms with E-state index in [1.807, 2.05) is 42.4 Å². The van der Waals surface area contributed by atoms with Crippen molar-refractivity contribution >= 4 is 51.3 Å². The second-order valence-electron chi connectivity index (χ2n) is 11.1. The molecule has 0 amide bonds. The van der Waals surface area contributed by atoms with Crippen LogP contribution in [-0.2, 0) is 58.4 Å². The summed E-state index contributed by atoms with van der Waals surface area (Å²) in [5.41, 5.74) is 7.40. The molecule has 3 aromatic heterocycles. The number of hydrogen-bond acceptors (Lipinski definition) is 9. The highest BCUT2D eigenvalue weighted by Gasteiger charge is 2.35. The Morgan fingerprint density at radius 1 is 1.14 bits per heavy atom. The molecular formula is C31H37ClN6O5S. The first-order chi connectivity index (χ1) is 21.0. The van der Waals surface area contributed by atoms with Crippen LogP contribution in [0.3, 0.4) is 0 Å². The largest absolute Gasteiger partial charge is 0.469 e. The number of carbonyl (C=O) groups is 3. The van der Waals surface area contributed by atoms with Crippen LogP contribution in [0.5, 0.6) is 0 Å². The fourth-order valence-corrected chi connectivity index (χ4v) is 7.20. The SMILES string of the molecule is COC(=O)CCc1c(C(=O)OC)n(C)c2c(-c3c(C)nn4c3[C@H](N(C)Cc3cc(CSC(C)=O)n(C)n3)CC4)c(Cl)ccc12. The lowest BCUT2D eigenvalue weighted by Gasteiger charge is -2.24. The maximum Gasteiger partial charge on any atom is 0.354 e. The van der Waals surface area contributed by atoms with Crippen molar-refractivity contribution in [1.82, 2.24) is 29.0 Å².